The normalized spacial score (nSPS) is 15.3. The highest BCUT2D eigenvalue weighted by molar-refractivity contribution is 9.10. The fourth-order valence-corrected chi connectivity index (χ4v) is 2.83. The maximum absolute atomic E-state index is 12.4. The minimum Gasteiger partial charge on any atom is -0.444 e. The SMILES string of the molecule is CCN(Cc1nc(Br)ccc1N1CCOCC1)C(=O)OC(C)(C)C. The fraction of sp³-hybridized carbons (Fsp3) is 0.647. The van der Waals surface area contributed by atoms with Crippen molar-refractivity contribution >= 4 is 27.7 Å². The zero-order valence-electron chi connectivity index (χ0n) is 14.8. The summed E-state index contributed by atoms with van der Waals surface area (Å²) in [5, 5.41) is 0. The molecule has 7 heteroatoms. The maximum atomic E-state index is 12.4. The molecule has 6 nitrogen and oxygen atoms in total. The molecule has 0 aliphatic carbocycles. The first kappa shape index (κ1) is 19.0. The molecule has 0 saturated carbocycles. The van der Waals surface area contributed by atoms with Crippen LogP contribution in [-0.4, -0.2) is 54.4 Å². The number of hydrogen-bond donors (Lipinski definition) is 0. The number of pyridine rings is 1. The van der Waals surface area contributed by atoms with Crippen LogP contribution in [0.25, 0.3) is 0 Å². The van der Waals surface area contributed by atoms with Gasteiger partial charge in [-0.05, 0) is 55.8 Å². The van der Waals surface area contributed by atoms with Crippen molar-refractivity contribution in [3.63, 3.8) is 0 Å². The largest absolute Gasteiger partial charge is 0.444 e. The fourth-order valence-electron chi connectivity index (χ4n) is 2.49. The number of hydrogen-bond acceptors (Lipinski definition) is 5. The smallest absolute Gasteiger partial charge is 0.410 e. The lowest BCUT2D eigenvalue weighted by atomic mass is 10.2. The quantitative estimate of drug-likeness (QED) is 0.725. The maximum Gasteiger partial charge on any atom is 0.410 e. The number of ether oxygens (including phenoxy) is 2. The van der Waals surface area contributed by atoms with E-state index in [2.05, 4.69) is 25.8 Å². The lowest BCUT2D eigenvalue weighted by molar-refractivity contribution is 0.0242. The van der Waals surface area contributed by atoms with E-state index in [9.17, 15) is 4.79 Å². The zero-order valence-corrected chi connectivity index (χ0v) is 16.4. The third-order valence-corrected chi connectivity index (χ3v) is 4.08. The lowest BCUT2D eigenvalue weighted by Gasteiger charge is -2.32. The van der Waals surface area contributed by atoms with Crippen molar-refractivity contribution in [3.05, 3.63) is 22.4 Å². The molecule has 24 heavy (non-hydrogen) atoms. The van der Waals surface area contributed by atoms with Gasteiger partial charge in [0.2, 0.25) is 0 Å². The topological polar surface area (TPSA) is 54.9 Å². The van der Waals surface area contributed by atoms with E-state index in [1.165, 1.54) is 0 Å². The van der Waals surface area contributed by atoms with Crippen LogP contribution in [0.15, 0.2) is 16.7 Å². The molecule has 2 heterocycles. The van der Waals surface area contributed by atoms with Gasteiger partial charge in [-0.1, -0.05) is 0 Å². The molecule has 0 bridgehead atoms. The second-order valence-electron chi connectivity index (χ2n) is 6.69. The van der Waals surface area contributed by atoms with E-state index in [0.29, 0.717) is 26.3 Å². The Morgan fingerprint density at radius 1 is 1.38 bits per heavy atom. The van der Waals surface area contributed by atoms with Crippen molar-refractivity contribution < 1.29 is 14.3 Å². The van der Waals surface area contributed by atoms with E-state index in [0.717, 1.165) is 29.1 Å². The molecule has 1 saturated heterocycles. The molecule has 1 amide bonds. The summed E-state index contributed by atoms with van der Waals surface area (Å²) in [5.41, 5.74) is 1.39. The van der Waals surface area contributed by atoms with Gasteiger partial charge < -0.3 is 19.3 Å². The number of halogens is 1. The van der Waals surface area contributed by atoms with Gasteiger partial charge in [0.05, 0.1) is 31.1 Å². The Morgan fingerprint density at radius 3 is 2.62 bits per heavy atom. The first-order valence-corrected chi connectivity index (χ1v) is 9.05. The number of rotatable bonds is 4. The molecular weight excluding hydrogens is 374 g/mol. The summed E-state index contributed by atoms with van der Waals surface area (Å²) in [6, 6.07) is 3.97. The number of amides is 1. The molecule has 1 fully saturated rings. The van der Waals surface area contributed by atoms with Crippen molar-refractivity contribution in [2.75, 3.05) is 37.7 Å². The molecule has 0 atom stereocenters. The summed E-state index contributed by atoms with van der Waals surface area (Å²) in [6.45, 7) is 11.6. The van der Waals surface area contributed by atoms with Crippen LogP contribution in [0.4, 0.5) is 10.5 Å². The van der Waals surface area contributed by atoms with Crippen LogP contribution in [0.2, 0.25) is 0 Å². The van der Waals surface area contributed by atoms with Crippen molar-refractivity contribution in [1.29, 1.82) is 0 Å². The molecule has 1 aliphatic rings. The molecule has 134 valence electrons. The van der Waals surface area contributed by atoms with Gasteiger partial charge in [0.25, 0.3) is 0 Å². The van der Waals surface area contributed by atoms with Gasteiger partial charge in [-0.25, -0.2) is 9.78 Å². The van der Waals surface area contributed by atoms with Crippen molar-refractivity contribution in [2.24, 2.45) is 0 Å². The van der Waals surface area contributed by atoms with Crippen LogP contribution in [0.3, 0.4) is 0 Å². The first-order chi connectivity index (χ1) is 11.3. The van der Waals surface area contributed by atoms with Gasteiger partial charge in [0.1, 0.15) is 10.2 Å². The van der Waals surface area contributed by atoms with Gasteiger partial charge in [0.15, 0.2) is 0 Å². The summed E-state index contributed by atoms with van der Waals surface area (Å²) >= 11 is 3.43. The van der Waals surface area contributed by atoms with Crippen LogP contribution in [0.1, 0.15) is 33.4 Å². The predicted octanol–water partition coefficient (Wildman–Crippen LogP) is 3.44. The summed E-state index contributed by atoms with van der Waals surface area (Å²) in [4.78, 5) is 20.9. The van der Waals surface area contributed by atoms with E-state index in [-0.39, 0.29) is 6.09 Å². The average molecular weight is 400 g/mol. The molecular formula is C17H26BrN3O3. The van der Waals surface area contributed by atoms with E-state index in [4.69, 9.17) is 9.47 Å². The highest BCUT2D eigenvalue weighted by Gasteiger charge is 2.24. The number of aromatic nitrogens is 1. The van der Waals surface area contributed by atoms with Crippen LogP contribution < -0.4 is 4.90 Å². The van der Waals surface area contributed by atoms with Crippen LogP contribution >= 0.6 is 15.9 Å². The number of nitrogens with zero attached hydrogens (tertiary/aromatic N) is 3. The van der Waals surface area contributed by atoms with E-state index >= 15 is 0 Å². The Balaban J connectivity index is 2.19. The van der Waals surface area contributed by atoms with Gasteiger partial charge >= 0.3 is 6.09 Å². The highest BCUT2D eigenvalue weighted by atomic mass is 79.9. The Labute approximate surface area is 152 Å². The van der Waals surface area contributed by atoms with Crippen molar-refractivity contribution in [1.82, 2.24) is 9.88 Å². The van der Waals surface area contributed by atoms with Crippen molar-refractivity contribution in [3.8, 4) is 0 Å². The third-order valence-electron chi connectivity index (χ3n) is 3.64. The molecule has 0 spiro atoms. The molecule has 1 aromatic heterocycles. The Kier molecular flexibility index (Phi) is 6.46. The predicted molar refractivity (Wildman–Crippen MR) is 97.3 cm³/mol. The number of carbonyl (C=O) groups is 1. The Morgan fingerprint density at radius 2 is 2.04 bits per heavy atom. The number of carbonyl (C=O) groups excluding carboxylic acids is 1. The Hall–Kier alpha value is -1.34. The number of anilines is 1. The van der Waals surface area contributed by atoms with E-state index in [1.807, 2.05) is 39.8 Å². The highest BCUT2D eigenvalue weighted by Crippen LogP contribution is 2.24. The summed E-state index contributed by atoms with van der Waals surface area (Å²) in [5.74, 6) is 0. The summed E-state index contributed by atoms with van der Waals surface area (Å²) < 4.78 is 11.7. The van der Waals surface area contributed by atoms with Crippen LogP contribution in [0, 0.1) is 0 Å². The van der Waals surface area contributed by atoms with Gasteiger partial charge in [-0.15, -0.1) is 0 Å². The first-order valence-electron chi connectivity index (χ1n) is 8.26. The van der Waals surface area contributed by atoms with Crippen molar-refractivity contribution in [2.45, 2.75) is 39.8 Å². The lowest BCUT2D eigenvalue weighted by Crippen LogP contribution is -2.39. The zero-order chi connectivity index (χ0) is 17.7. The van der Waals surface area contributed by atoms with Gasteiger partial charge in [-0.2, -0.15) is 0 Å². The molecule has 1 aromatic rings. The number of morpholine rings is 1. The molecule has 0 N–H and O–H groups in total. The standard InChI is InChI=1S/C17H26BrN3O3/c1-5-20(16(22)24-17(2,3)4)12-13-14(6-7-15(18)19-13)21-8-10-23-11-9-21/h6-7H,5,8-12H2,1-4H3. The molecule has 0 radical (unpaired) electrons. The minimum atomic E-state index is -0.512. The summed E-state index contributed by atoms with van der Waals surface area (Å²) in [7, 11) is 0. The molecule has 2 rings (SSSR count). The minimum absolute atomic E-state index is 0.320. The van der Waals surface area contributed by atoms with Crippen LogP contribution in [-0.2, 0) is 16.0 Å². The van der Waals surface area contributed by atoms with Gasteiger partial charge in [-0.3, -0.25) is 0 Å². The molecule has 1 aliphatic heterocycles. The van der Waals surface area contributed by atoms with Crippen LogP contribution in [0.5, 0.6) is 0 Å². The van der Waals surface area contributed by atoms with E-state index < -0.39 is 5.60 Å². The Bertz CT molecular complexity index is 569. The van der Waals surface area contributed by atoms with E-state index in [1.54, 1.807) is 4.90 Å². The third kappa shape index (κ3) is 5.34. The second kappa shape index (κ2) is 8.16. The van der Waals surface area contributed by atoms with Gasteiger partial charge in [0, 0.05) is 19.6 Å². The second-order valence-corrected chi connectivity index (χ2v) is 7.51. The monoisotopic (exact) mass is 399 g/mol. The molecule has 0 aromatic carbocycles. The molecule has 0 unspecified atom stereocenters. The summed E-state index contributed by atoms with van der Waals surface area (Å²) in [6.07, 6.45) is -0.320. The average Bonchev–Trinajstić information content (AvgIpc) is 2.51.